The van der Waals surface area contributed by atoms with E-state index in [9.17, 15) is 18.0 Å². The highest BCUT2D eigenvalue weighted by atomic mass is 32.2. The first-order valence-corrected chi connectivity index (χ1v) is 13.8. The van der Waals surface area contributed by atoms with E-state index in [-0.39, 0.29) is 17.3 Å². The molecular weight excluding hydrogens is 490 g/mol. The normalized spacial score (nSPS) is 12.4. The van der Waals surface area contributed by atoms with E-state index in [1.54, 1.807) is 37.4 Å². The molecule has 0 aliphatic carbocycles. The first-order valence-electron chi connectivity index (χ1n) is 12.4. The van der Waals surface area contributed by atoms with E-state index >= 15 is 0 Å². The quantitative estimate of drug-likeness (QED) is 0.388. The van der Waals surface area contributed by atoms with Gasteiger partial charge >= 0.3 is 0 Å². The number of nitrogens with zero attached hydrogens (tertiary/aromatic N) is 2. The van der Waals surface area contributed by atoms with Crippen LogP contribution in [0.1, 0.15) is 32.3 Å². The summed E-state index contributed by atoms with van der Waals surface area (Å²) in [6.45, 7) is 4.04. The minimum Gasteiger partial charge on any atom is -0.497 e. The van der Waals surface area contributed by atoms with Crippen LogP contribution in [0.5, 0.6) is 5.75 Å². The molecule has 0 aliphatic rings. The van der Waals surface area contributed by atoms with E-state index in [1.165, 1.54) is 11.9 Å². The zero-order valence-corrected chi connectivity index (χ0v) is 22.6. The van der Waals surface area contributed by atoms with E-state index in [0.29, 0.717) is 18.7 Å². The summed E-state index contributed by atoms with van der Waals surface area (Å²) in [5, 5.41) is 4.58. The number of likely N-dealkylation sites (N-methyl/N-ethyl adjacent to an activating group) is 1. The Hall–Kier alpha value is -3.43. The van der Waals surface area contributed by atoms with Crippen LogP contribution < -0.4 is 10.1 Å². The number of amides is 2. The fourth-order valence-corrected chi connectivity index (χ4v) is 5.24. The third kappa shape index (κ3) is 6.87. The zero-order chi connectivity index (χ0) is 27.0. The van der Waals surface area contributed by atoms with Crippen LogP contribution in [0.4, 0.5) is 0 Å². The van der Waals surface area contributed by atoms with Crippen molar-refractivity contribution in [2.75, 3.05) is 27.2 Å². The van der Waals surface area contributed by atoms with Gasteiger partial charge in [0, 0.05) is 20.1 Å². The molecule has 9 heteroatoms. The molecule has 1 atom stereocenters. The molecule has 0 radical (unpaired) electrons. The van der Waals surface area contributed by atoms with Crippen LogP contribution in [0.25, 0.3) is 10.8 Å². The lowest BCUT2D eigenvalue weighted by Gasteiger charge is -2.32. The van der Waals surface area contributed by atoms with Gasteiger partial charge in [-0.15, -0.1) is 0 Å². The first-order chi connectivity index (χ1) is 17.7. The van der Waals surface area contributed by atoms with Gasteiger partial charge in [-0.05, 0) is 53.4 Å². The second kappa shape index (κ2) is 12.7. The van der Waals surface area contributed by atoms with Crippen molar-refractivity contribution in [3.63, 3.8) is 0 Å². The lowest BCUT2D eigenvalue weighted by Crippen LogP contribution is -2.51. The molecule has 0 saturated carbocycles. The highest BCUT2D eigenvalue weighted by Gasteiger charge is 2.31. The number of carbonyl (C=O) groups is 2. The van der Waals surface area contributed by atoms with Crippen LogP contribution in [0.3, 0.4) is 0 Å². The molecular formula is C28H35N3O5S. The highest BCUT2D eigenvalue weighted by Crippen LogP contribution is 2.22. The topological polar surface area (TPSA) is 96.0 Å². The maximum atomic E-state index is 13.6. The van der Waals surface area contributed by atoms with Gasteiger partial charge in [0.05, 0.1) is 18.6 Å². The molecule has 0 aromatic heterocycles. The number of methoxy groups -OCH3 is 1. The summed E-state index contributed by atoms with van der Waals surface area (Å²) < 4.78 is 32.9. The number of benzene rings is 3. The number of hydrogen-bond donors (Lipinski definition) is 1. The molecule has 3 aromatic rings. The average Bonchev–Trinajstić information content (AvgIpc) is 2.91. The maximum absolute atomic E-state index is 13.6. The lowest BCUT2D eigenvalue weighted by atomic mass is 10.1. The Morgan fingerprint density at radius 3 is 2.27 bits per heavy atom. The summed E-state index contributed by atoms with van der Waals surface area (Å²) >= 11 is 0. The van der Waals surface area contributed by atoms with Crippen molar-refractivity contribution in [2.24, 2.45) is 0 Å². The van der Waals surface area contributed by atoms with Crippen LogP contribution in [-0.4, -0.2) is 62.7 Å². The molecule has 0 aliphatic heterocycles. The van der Waals surface area contributed by atoms with Crippen LogP contribution in [0.15, 0.2) is 71.6 Å². The largest absolute Gasteiger partial charge is 0.497 e. The number of hydrogen-bond acceptors (Lipinski definition) is 5. The molecule has 1 N–H and O–H groups in total. The van der Waals surface area contributed by atoms with Crippen molar-refractivity contribution in [1.29, 1.82) is 0 Å². The minimum absolute atomic E-state index is 0.107. The molecule has 198 valence electrons. The Bertz CT molecular complexity index is 1330. The number of nitrogens with one attached hydrogen (secondary N) is 1. The van der Waals surface area contributed by atoms with Crippen LogP contribution >= 0.6 is 0 Å². The van der Waals surface area contributed by atoms with Crippen LogP contribution in [-0.2, 0) is 26.2 Å². The number of fused-ring (bicyclic) bond motifs is 1. The Morgan fingerprint density at radius 2 is 1.65 bits per heavy atom. The first kappa shape index (κ1) is 28.1. The van der Waals surface area contributed by atoms with E-state index in [1.807, 2.05) is 50.2 Å². The molecule has 37 heavy (non-hydrogen) atoms. The van der Waals surface area contributed by atoms with E-state index in [0.717, 1.165) is 27.1 Å². The Morgan fingerprint density at radius 1 is 0.973 bits per heavy atom. The van der Waals surface area contributed by atoms with Gasteiger partial charge < -0.3 is 15.0 Å². The van der Waals surface area contributed by atoms with Gasteiger partial charge in [0.2, 0.25) is 21.8 Å². The molecule has 3 rings (SSSR count). The fraction of sp³-hybridized carbons (Fsp3) is 0.357. The summed E-state index contributed by atoms with van der Waals surface area (Å²) in [4.78, 5) is 28.1. The summed E-state index contributed by atoms with van der Waals surface area (Å²) in [6, 6.07) is 18.9. The number of rotatable bonds is 12. The van der Waals surface area contributed by atoms with Crippen molar-refractivity contribution in [3.05, 3.63) is 72.3 Å². The number of sulfonamides is 1. The molecule has 3 aromatic carbocycles. The number of ether oxygens (including phenoxy) is 1. The van der Waals surface area contributed by atoms with Gasteiger partial charge in [-0.25, -0.2) is 8.42 Å². The predicted molar refractivity (Wildman–Crippen MR) is 145 cm³/mol. The van der Waals surface area contributed by atoms with Gasteiger partial charge in [-0.1, -0.05) is 56.3 Å². The third-order valence-electron chi connectivity index (χ3n) is 6.23. The summed E-state index contributed by atoms with van der Waals surface area (Å²) in [7, 11) is -0.987. The standard InChI is InChI=1S/C28H35N3O5S/c1-5-17-29-28(33)26(6-2)31(19-21-11-14-24(36-4)15-12-21)27(32)20-30(3)37(34,35)25-16-13-22-9-7-8-10-23(22)18-25/h7-16,18,26H,5-6,17,19-20H2,1-4H3,(H,29,33)/t26-/m0/s1. The van der Waals surface area contributed by atoms with Crippen LogP contribution in [0.2, 0.25) is 0 Å². The van der Waals surface area contributed by atoms with Gasteiger partial charge in [0.25, 0.3) is 0 Å². The van der Waals surface area contributed by atoms with Crippen molar-refractivity contribution in [1.82, 2.24) is 14.5 Å². The Labute approximate surface area is 219 Å². The Balaban J connectivity index is 1.86. The van der Waals surface area contributed by atoms with Gasteiger partial charge in [-0.3, -0.25) is 9.59 Å². The van der Waals surface area contributed by atoms with Crippen molar-refractivity contribution >= 4 is 32.6 Å². The molecule has 0 fully saturated rings. The number of carbonyl (C=O) groups excluding carboxylic acids is 2. The molecule has 0 bridgehead atoms. The molecule has 0 saturated heterocycles. The summed E-state index contributed by atoms with van der Waals surface area (Å²) in [5.41, 5.74) is 0.802. The second-order valence-corrected chi connectivity index (χ2v) is 10.9. The van der Waals surface area contributed by atoms with E-state index < -0.39 is 28.5 Å². The van der Waals surface area contributed by atoms with Gasteiger partial charge in [-0.2, -0.15) is 4.31 Å². The molecule has 0 spiro atoms. The summed E-state index contributed by atoms with van der Waals surface area (Å²) in [6.07, 6.45) is 1.15. The third-order valence-corrected chi connectivity index (χ3v) is 8.03. The highest BCUT2D eigenvalue weighted by molar-refractivity contribution is 7.89. The zero-order valence-electron chi connectivity index (χ0n) is 21.8. The average molecular weight is 526 g/mol. The molecule has 0 heterocycles. The molecule has 2 amide bonds. The van der Waals surface area contributed by atoms with Crippen molar-refractivity contribution < 1.29 is 22.7 Å². The van der Waals surface area contributed by atoms with Crippen LogP contribution in [0, 0.1) is 0 Å². The SMILES string of the molecule is CCCNC(=O)[C@H](CC)N(Cc1ccc(OC)cc1)C(=O)CN(C)S(=O)(=O)c1ccc2ccccc2c1. The maximum Gasteiger partial charge on any atom is 0.243 e. The van der Waals surface area contributed by atoms with Crippen molar-refractivity contribution in [3.8, 4) is 5.75 Å². The Kier molecular flexibility index (Phi) is 9.66. The molecule has 8 nitrogen and oxygen atoms in total. The van der Waals surface area contributed by atoms with Crippen molar-refractivity contribution in [2.45, 2.75) is 44.2 Å². The smallest absolute Gasteiger partial charge is 0.243 e. The summed E-state index contributed by atoms with van der Waals surface area (Å²) in [5.74, 6) is -0.0389. The van der Waals surface area contributed by atoms with Gasteiger partial charge in [0.15, 0.2) is 0 Å². The minimum atomic E-state index is -3.94. The monoisotopic (exact) mass is 525 g/mol. The lowest BCUT2D eigenvalue weighted by molar-refractivity contribution is -0.141. The van der Waals surface area contributed by atoms with Gasteiger partial charge in [0.1, 0.15) is 11.8 Å². The predicted octanol–water partition coefficient (Wildman–Crippen LogP) is 3.80. The van der Waals surface area contributed by atoms with E-state index in [2.05, 4.69) is 5.32 Å². The fourth-order valence-electron chi connectivity index (χ4n) is 4.09. The van der Waals surface area contributed by atoms with E-state index in [4.69, 9.17) is 4.74 Å². The second-order valence-electron chi connectivity index (χ2n) is 8.85. The molecule has 0 unspecified atom stereocenters.